The Morgan fingerprint density at radius 2 is 2.18 bits per heavy atom. The van der Waals surface area contributed by atoms with Gasteiger partial charge in [0.25, 0.3) is 0 Å². The van der Waals surface area contributed by atoms with Crippen molar-refractivity contribution >= 4 is 11.9 Å². The van der Waals surface area contributed by atoms with E-state index in [1.807, 2.05) is 6.08 Å². The molecule has 3 aliphatic rings. The van der Waals surface area contributed by atoms with Crippen LogP contribution in [0.25, 0.3) is 0 Å². The molecule has 0 radical (unpaired) electrons. The van der Waals surface area contributed by atoms with Gasteiger partial charge in [-0.15, -0.1) is 0 Å². The van der Waals surface area contributed by atoms with Crippen molar-refractivity contribution in [1.29, 1.82) is 0 Å². The molecule has 1 saturated carbocycles. The lowest BCUT2D eigenvalue weighted by Crippen LogP contribution is -2.37. The molecule has 0 spiro atoms. The van der Waals surface area contributed by atoms with Crippen molar-refractivity contribution in [3.8, 4) is 0 Å². The Hall–Kier alpha value is -1.88. The number of carbonyl (C=O) groups excluding carboxylic acids is 2. The summed E-state index contributed by atoms with van der Waals surface area (Å²) in [5.74, 6) is -1.68. The molecule has 2 aliphatic carbocycles. The van der Waals surface area contributed by atoms with Crippen molar-refractivity contribution in [2.45, 2.75) is 44.5 Å². The van der Waals surface area contributed by atoms with Crippen LogP contribution in [-0.4, -0.2) is 34.9 Å². The van der Waals surface area contributed by atoms with Crippen LogP contribution in [-0.2, 0) is 19.1 Å². The Morgan fingerprint density at radius 3 is 2.82 bits per heavy atom. The minimum Gasteiger partial charge on any atom is -0.461 e. The van der Waals surface area contributed by atoms with Crippen molar-refractivity contribution in [2.24, 2.45) is 11.8 Å². The van der Waals surface area contributed by atoms with Crippen LogP contribution in [0.2, 0.25) is 0 Å². The normalized spacial score (nSPS) is 40.5. The number of aliphatic hydroxyl groups is 1. The standard InChI is InChI=1S/C17H20O5/c1-8-5-6-11-13(8)15(21-10(3)18)14-9(2)16(19)22-12(14)7-17(11,4)20/h6,12-15,20H,1-2,5,7H2,3-4H3. The van der Waals surface area contributed by atoms with Gasteiger partial charge in [-0.05, 0) is 18.9 Å². The van der Waals surface area contributed by atoms with Crippen LogP contribution in [0.1, 0.15) is 26.7 Å². The van der Waals surface area contributed by atoms with E-state index in [2.05, 4.69) is 13.2 Å². The number of ether oxygens (including phenoxy) is 2. The predicted octanol–water partition coefficient (Wildman–Crippen LogP) is 1.67. The molecule has 1 heterocycles. The maximum absolute atomic E-state index is 11.9. The van der Waals surface area contributed by atoms with Gasteiger partial charge >= 0.3 is 11.9 Å². The van der Waals surface area contributed by atoms with Gasteiger partial charge < -0.3 is 14.6 Å². The molecule has 22 heavy (non-hydrogen) atoms. The fourth-order valence-corrected chi connectivity index (χ4v) is 3.95. The predicted molar refractivity (Wildman–Crippen MR) is 78.6 cm³/mol. The van der Waals surface area contributed by atoms with Crippen molar-refractivity contribution in [2.75, 3.05) is 0 Å². The first kappa shape index (κ1) is 15.0. The first-order chi connectivity index (χ1) is 10.2. The van der Waals surface area contributed by atoms with Gasteiger partial charge in [0.15, 0.2) is 0 Å². The Bertz CT molecular complexity index is 613. The van der Waals surface area contributed by atoms with E-state index in [9.17, 15) is 14.7 Å². The molecule has 2 fully saturated rings. The first-order valence-electron chi connectivity index (χ1n) is 7.40. The van der Waals surface area contributed by atoms with Crippen molar-refractivity contribution in [3.05, 3.63) is 36.0 Å². The van der Waals surface area contributed by atoms with E-state index in [1.54, 1.807) is 6.92 Å². The molecule has 5 atom stereocenters. The summed E-state index contributed by atoms with van der Waals surface area (Å²) in [6.45, 7) is 10.9. The third-order valence-electron chi connectivity index (χ3n) is 4.89. The fourth-order valence-electron chi connectivity index (χ4n) is 3.95. The van der Waals surface area contributed by atoms with Crippen molar-refractivity contribution in [3.63, 3.8) is 0 Å². The third kappa shape index (κ3) is 2.11. The van der Waals surface area contributed by atoms with Crippen LogP contribution in [0.15, 0.2) is 36.0 Å². The molecule has 1 saturated heterocycles. The number of allylic oxidation sites excluding steroid dienone is 1. The second kappa shape index (κ2) is 4.81. The van der Waals surface area contributed by atoms with E-state index < -0.39 is 35.7 Å². The van der Waals surface area contributed by atoms with Gasteiger partial charge in [-0.3, -0.25) is 4.79 Å². The molecule has 0 bridgehead atoms. The highest BCUT2D eigenvalue weighted by molar-refractivity contribution is 5.91. The van der Waals surface area contributed by atoms with Gasteiger partial charge in [0.05, 0.1) is 11.5 Å². The Labute approximate surface area is 129 Å². The molecule has 118 valence electrons. The molecule has 3 rings (SSSR count). The van der Waals surface area contributed by atoms with Crippen LogP contribution < -0.4 is 0 Å². The fraction of sp³-hybridized carbons (Fsp3) is 0.529. The van der Waals surface area contributed by atoms with E-state index >= 15 is 0 Å². The second-order valence-electron chi connectivity index (χ2n) is 6.55. The largest absolute Gasteiger partial charge is 0.461 e. The summed E-state index contributed by atoms with van der Waals surface area (Å²) < 4.78 is 10.9. The molecule has 0 aromatic rings. The summed E-state index contributed by atoms with van der Waals surface area (Å²) >= 11 is 0. The second-order valence-corrected chi connectivity index (χ2v) is 6.55. The van der Waals surface area contributed by atoms with Gasteiger partial charge in [0, 0.05) is 24.8 Å². The zero-order valence-corrected chi connectivity index (χ0v) is 12.8. The Kier molecular flexibility index (Phi) is 3.29. The van der Waals surface area contributed by atoms with Gasteiger partial charge in [-0.25, -0.2) is 4.79 Å². The summed E-state index contributed by atoms with van der Waals surface area (Å²) in [6, 6.07) is 0. The average Bonchev–Trinajstić information content (AvgIpc) is 2.86. The van der Waals surface area contributed by atoms with Crippen LogP contribution in [0.4, 0.5) is 0 Å². The maximum atomic E-state index is 11.9. The third-order valence-corrected chi connectivity index (χ3v) is 4.89. The molecular formula is C17H20O5. The SMILES string of the molecule is C=C1CC=C2C1C(OC(C)=O)C1C(=C)C(=O)OC1CC2(C)O. The van der Waals surface area contributed by atoms with Gasteiger partial charge in [0.1, 0.15) is 12.2 Å². The van der Waals surface area contributed by atoms with E-state index in [-0.39, 0.29) is 12.3 Å². The van der Waals surface area contributed by atoms with Gasteiger partial charge in [0.2, 0.25) is 0 Å². The smallest absolute Gasteiger partial charge is 0.334 e. The minimum absolute atomic E-state index is 0.260. The Morgan fingerprint density at radius 1 is 1.50 bits per heavy atom. The topological polar surface area (TPSA) is 72.8 Å². The summed E-state index contributed by atoms with van der Waals surface area (Å²) in [6.07, 6.45) is 1.67. The lowest BCUT2D eigenvalue weighted by Gasteiger charge is -2.31. The molecule has 0 amide bonds. The average molecular weight is 304 g/mol. The summed E-state index contributed by atoms with van der Waals surface area (Å²) in [5.41, 5.74) is 0.830. The van der Waals surface area contributed by atoms with E-state index in [4.69, 9.17) is 9.47 Å². The highest BCUT2D eigenvalue weighted by Crippen LogP contribution is 2.51. The zero-order valence-electron chi connectivity index (χ0n) is 12.8. The number of hydrogen-bond acceptors (Lipinski definition) is 5. The van der Waals surface area contributed by atoms with Crippen molar-refractivity contribution in [1.82, 2.24) is 0 Å². The maximum Gasteiger partial charge on any atom is 0.334 e. The number of fused-ring (bicyclic) bond motifs is 2. The highest BCUT2D eigenvalue weighted by atomic mass is 16.6. The van der Waals surface area contributed by atoms with Crippen LogP contribution in [0.3, 0.4) is 0 Å². The molecule has 5 unspecified atom stereocenters. The number of esters is 2. The molecule has 0 aromatic carbocycles. The Balaban J connectivity index is 2.11. The summed E-state index contributed by atoms with van der Waals surface area (Å²) in [5, 5.41) is 10.8. The van der Waals surface area contributed by atoms with E-state index in [1.165, 1.54) is 6.92 Å². The number of rotatable bonds is 1. The summed E-state index contributed by atoms with van der Waals surface area (Å²) in [4.78, 5) is 23.5. The highest BCUT2D eigenvalue weighted by Gasteiger charge is 2.56. The zero-order chi connectivity index (χ0) is 16.2. The van der Waals surface area contributed by atoms with Crippen molar-refractivity contribution < 1.29 is 24.2 Å². The van der Waals surface area contributed by atoms with Crippen LogP contribution in [0, 0.1) is 11.8 Å². The van der Waals surface area contributed by atoms with E-state index in [0.717, 1.165) is 11.1 Å². The van der Waals surface area contributed by atoms with Crippen LogP contribution in [0.5, 0.6) is 0 Å². The van der Waals surface area contributed by atoms with Crippen LogP contribution >= 0.6 is 0 Å². The first-order valence-corrected chi connectivity index (χ1v) is 7.40. The van der Waals surface area contributed by atoms with Gasteiger partial charge in [-0.1, -0.05) is 24.8 Å². The molecule has 0 aromatic heterocycles. The number of hydrogen-bond donors (Lipinski definition) is 1. The molecule has 5 heteroatoms. The van der Waals surface area contributed by atoms with E-state index in [0.29, 0.717) is 12.0 Å². The lowest BCUT2D eigenvalue weighted by molar-refractivity contribution is -0.151. The molecule has 1 N–H and O–H groups in total. The number of carbonyl (C=O) groups is 2. The summed E-state index contributed by atoms with van der Waals surface area (Å²) in [7, 11) is 0. The quantitative estimate of drug-likeness (QED) is 0.453. The molecule has 1 aliphatic heterocycles. The molecular weight excluding hydrogens is 284 g/mol. The monoisotopic (exact) mass is 304 g/mol. The van der Waals surface area contributed by atoms with Gasteiger partial charge in [-0.2, -0.15) is 0 Å². The molecule has 5 nitrogen and oxygen atoms in total. The lowest BCUT2D eigenvalue weighted by atomic mass is 9.80. The minimum atomic E-state index is -1.13.